The molecule has 3 unspecified atom stereocenters. The van der Waals surface area contributed by atoms with Crippen LogP contribution in [0, 0.1) is 11.8 Å². The zero-order valence-electron chi connectivity index (χ0n) is 12.5. The van der Waals surface area contributed by atoms with E-state index in [0.29, 0.717) is 13.2 Å². The van der Waals surface area contributed by atoms with Crippen LogP contribution < -0.4 is 16.2 Å². The molecule has 3 N–H and O–H groups in total. The van der Waals surface area contributed by atoms with Crippen molar-refractivity contribution < 1.29 is 19.1 Å². The Morgan fingerprint density at radius 1 is 1.23 bits per heavy atom. The Hall–Kier alpha value is -1.60. The number of urea groups is 1. The highest BCUT2D eigenvalue weighted by Crippen LogP contribution is 2.38. The van der Waals surface area contributed by atoms with Crippen LogP contribution in [0.3, 0.4) is 0 Å². The molecule has 3 heterocycles. The Labute approximate surface area is 129 Å². The molecule has 3 aliphatic rings. The predicted octanol–water partition coefficient (Wildman–Crippen LogP) is 0.475. The second-order valence-corrected chi connectivity index (χ2v) is 6.16. The average molecular weight is 309 g/mol. The molecule has 3 fully saturated rings. The van der Waals surface area contributed by atoms with Gasteiger partial charge in [0.2, 0.25) is 5.91 Å². The Bertz CT molecular complexity index is 456. The molecule has 22 heavy (non-hydrogen) atoms. The smallest absolute Gasteiger partial charge is 0.333 e. The van der Waals surface area contributed by atoms with Crippen molar-refractivity contribution in [2.75, 3.05) is 13.2 Å². The third-order valence-electron chi connectivity index (χ3n) is 4.76. The number of hydrogen-bond donors (Lipinski definition) is 3. The molecule has 0 spiro atoms. The fourth-order valence-corrected chi connectivity index (χ4v) is 3.53. The second kappa shape index (κ2) is 6.66. The summed E-state index contributed by atoms with van der Waals surface area (Å²) in [5, 5.41) is 2.75. The number of hydrazine groups is 1. The van der Waals surface area contributed by atoms with Gasteiger partial charge in [0.25, 0.3) is 0 Å². The van der Waals surface area contributed by atoms with Gasteiger partial charge in [-0.15, -0.1) is 6.58 Å². The first-order valence-electron chi connectivity index (χ1n) is 7.90. The number of hydrogen-bond acceptors (Lipinski definition) is 4. The summed E-state index contributed by atoms with van der Waals surface area (Å²) in [7, 11) is 0. The quantitative estimate of drug-likeness (QED) is 0.520. The van der Waals surface area contributed by atoms with Gasteiger partial charge in [0.1, 0.15) is 0 Å². The van der Waals surface area contributed by atoms with Crippen LogP contribution >= 0.6 is 0 Å². The summed E-state index contributed by atoms with van der Waals surface area (Å²) in [4.78, 5) is 23.8. The first-order chi connectivity index (χ1) is 10.7. The van der Waals surface area contributed by atoms with Gasteiger partial charge in [-0.05, 0) is 25.7 Å². The summed E-state index contributed by atoms with van der Waals surface area (Å²) >= 11 is 0. The molecule has 7 heteroatoms. The molecule has 0 aromatic carbocycles. The Kier molecular flexibility index (Phi) is 4.63. The maximum atomic E-state index is 12.0. The first kappa shape index (κ1) is 15.3. The van der Waals surface area contributed by atoms with E-state index in [1.807, 2.05) is 0 Å². The summed E-state index contributed by atoms with van der Waals surface area (Å²) in [5.74, 6) is -0.0825. The van der Waals surface area contributed by atoms with Gasteiger partial charge in [0.15, 0.2) is 0 Å². The number of carbonyl (C=O) groups is 2. The van der Waals surface area contributed by atoms with Gasteiger partial charge in [-0.25, -0.2) is 10.2 Å². The van der Waals surface area contributed by atoms with Crippen molar-refractivity contribution in [1.82, 2.24) is 16.2 Å². The fraction of sp³-hybridized carbons (Fsp3) is 0.733. The van der Waals surface area contributed by atoms with E-state index >= 15 is 0 Å². The Morgan fingerprint density at radius 3 is 2.77 bits per heavy atom. The van der Waals surface area contributed by atoms with Crippen molar-refractivity contribution in [3.8, 4) is 0 Å². The third-order valence-corrected chi connectivity index (χ3v) is 4.76. The van der Waals surface area contributed by atoms with E-state index < -0.39 is 6.03 Å². The second-order valence-electron chi connectivity index (χ2n) is 6.16. The van der Waals surface area contributed by atoms with Crippen molar-refractivity contribution in [3.63, 3.8) is 0 Å². The van der Waals surface area contributed by atoms with Crippen molar-refractivity contribution in [3.05, 3.63) is 12.7 Å². The van der Waals surface area contributed by atoms with Crippen molar-refractivity contribution in [2.24, 2.45) is 11.8 Å². The third kappa shape index (κ3) is 3.25. The number of amides is 3. The molecule has 0 aliphatic carbocycles. The van der Waals surface area contributed by atoms with Crippen molar-refractivity contribution >= 4 is 11.9 Å². The summed E-state index contributed by atoms with van der Waals surface area (Å²) in [6.45, 7) is 4.90. The SMILES string of the molecule is C=C[C@@H]1OCC[C@H]1CNC(=O)NNC(=O)C1CC2CCC1O2. The van der Waals surface area contributed by atoms with Crippen LogP contribution in [0.2, 0.25) is 0 Å². The molecule has 3 rings (SSSR count). The van der Waals surface area contributed by atoms with Gasteiger partial charge < -0.3 is 14.8 Å². The predicted molar refractivity (Wildman–Crippen MR) is 78.7 cm³/mol. The minimum atomic E-state index is -0.410. The van der Waals surface area contributed by atoms with E-state index in [1.165, 1.54) is 0 Å². The van der Waals surface area contributed by atoms with Gasteiger partial charge in [0, 0.05) is 19.1 Å². The van der Waals surface area contributed by atoms with E-state index in [4.69, 9.17) is 9.47 Å². The highest BCUT2D eigenvalue weighted by atomic mass is 16.5. The summed E-state index contributed by atoms with van der Waals surface area (Å²) in [6.07, 6.45) is 5.59. The molecule has 122 valence electrons. The van der Waals surface area contributed by atoms with E-state index in [-0.39, 0.29) is 36.1 Å². The largest absolute Gasteiger partial charge is 0.374 e. The van der Waals surface area contributed by atoms with Crippen molar-refractivity contribution in [2.45, 2.75) is 44.0 Å². The van der Waals surface area contributed by atoms with Crippen LogP contribution in [0.15, 0.2) is 12.7 Å². The summed E-state index contributed by atoms with van der Waals surface area (Å²) in [5.41, 5.74) is 4.88. The van der Waals surface area contributed by atoms with Gasteiger partial charge in [-0.3, -0.25) is 10.2 Å². The van der Waals surface area contributed by atoms with Crippen molar-refractivity contribution in [1.29, 1.82) is 0 Å². The summed E-state index contributed by atoms with van der Waals surface area (Å²) < 4.78 is 11.1. The highest BCUT2D eigenvalue weighted by molar-refractivity contribution is 5.83. The maximum absolute atomic E-state index is 12.0. The topological polar surface area (TPSA) is 88.7 Å². The lowest BCUT2D eigenvalue weighted by atomic mass is 9.89. The minimum absolute atomic E-state index is 0.0128. The molecule has 0 saturated carbocycles. The molecule has 3 saturated heterocycles. The van der Waals surface area contributed by atoms with Gasteiger partial charge >= 0.3 is 6.03 Å². The number of ether oxygens (including phenoxy) is 2. The van der Waals surface area contributed by atoms with Crippen LogP contribution in [0.1, 0.15) is 25.7 Å². The normalized spacial score (nSPS) is 36.1. The fourth-order valence-electron chi connectivity index (χ4n) is 3.53. The molecule has 3 aliphatic heterocycles. The van der Waals surface area contributed by atoms with Crippen LogP contribution in [-0.4, -0.2) is 43.4 Å². The van der Waals surface area contributed by atoms with Crippen LogP contribution in [0.25, 0.3) is 0 Å². The number of rotatable bonds is 4. The van der Waals surface area contributed by atoms with Gasteiger partial charge in [-0.1, -0.05) is 6.08 Å². The first-order valence-corrected chi connectivity index (χ1v) is 7.90. The van der Waals surface area contributed by atoms with Crippen LogP contribution in [0.5, 0.6) is 0 Å². The lowest BCUT2D eigenvalue weighted by molar-refractivity contribution is -0.127. The van der Waals surface area contributed by atoms with E-state index in [2.05, 4.69) is 22.7 Å². The summed E-state index contributed by atoms with van der Waals surface area (Å²) in [6, 6.07) is -0.410. The number of nitrogens with one attached hydrogen (secondary N) is 3. The molecular weight excluding hydrogens is 286 g/mol. The Balaban J connectivity index is 1.35. The van der Waals surface area contributed by atoms with E-state index in [0.717, 1.165) is 25.7 Å². The maximum Gasteiger partial charge on any atom is 0.333 e. The highest BCUT2D eigenvalue weighted by Gasteiger charge is 2.44. The zero-order valence-corrected chi connectivity index (χ0v) is 12.5. The van der Waals surface area contributed by atoms with Crippen LogP contribution in [-0.2, 0) is 14.3 Å². The molecule has 0 radical (unpaired) electrons. The Morgan fingerprint density at radius 2 is 2.09 bits per heavy atom. The lowest BCUT2D eigenvalue weighted by Crippen LogP contribution is -2.51. The van der Waals surface area contributed by atoms with E-state index in [9.17, 15) is 9.59 Å². The monoisotopic (exact) mass is 309 g/mol. The molecule has 5 atom stereocenters. The molecule has 0 aromatic heterocycles. The minimum Gasteiger partial charge on any atom is -0.374 e. The molecular formula is C15H23N3O4. The van der Waals surface area contributed by atoms with Gasteiger partial charge in [0.05, 0.1) is 24.2 Å². The van der Waals surface area contributed by atoms with Gasteiger partial charge in [-0.2, -0.15) is 0 Å². The molecule has 0 aromatic rings. The number of fused-ring (bicyclic) bond motifs is 2. The molecule has 2 bridgehead atoms. The lowest BCUT2D eigenvalue weighted by Gasteiger charge is -2.19. The average Bonchev–Trinajstić information content (AvgIpc) is 3.25. The standard InChI is InChI=1S/C15H23N3O4/c1-2-12-9(5-6-21-12)8-16-15(20)18-17-14(19)11-7-10-3-4-13(11)22-10/h2,9-13H,1,3-8H2,(H,17,19)(H2,16,18,20)/t9-,10?,11?,12-,13?/m0/s1. The number of carbonyl (C=O) groups excluding carboxylic acids is 2. The van der Waals surface area contributed by atoms with E-state index in [1.54, 1.807) is 6.08 Å². The zero-order chi connectivity index (χ0) is 15.5. The molecule has 3 amide bonds. The van der Waals surface area contributed by atoms with Crippen LogP contribution in [0.4, 0.5) is 4.79 Å². The molecule has 7 nitrogen and oxygen atoms in total.